The molecule has 1 N–H and O–H groups in total. The topological polar surface area (TPSA) is 98.8 Å². The number of carbonyl (C=O) groups is 2. The Morgan fingerprint density at radius 3 is 2.21 bits per heavy atom. The fourth-order valence-electron chi connectivity index (χ4n) is 4.69. The maximum Gasteiger partial charge on any atom is 0.338 e. The monoisotopic (exact) mass is 535 g/mol. The summed E-state index contributed by atoms with van der Waals surface area (Å²) in [5, 5.41) is 0. The van der Waals surface area contributed by atoms with E-state index in [1.807, 2.05) is 19.1 Å². The van der Waals surface area contributed by atoms with Crippen molar-refractivity contribution in [3.63, 3.8) is 0 Å². The van der Waals surface area contributed by atoms with Crippen LogP contribution in [0.3, 0.4) is 0 Å². The number of hydrogen-bond acceptors (Lipinski definition) is 6. The summed E-state index contributed by atoms with van der Waals surface area (Å²) >= 11 is 0. The Morgan fingerprint density at radius 1 is 0.895 bits per heavy atom. The average molecular weight is 536 g/mol. The molecule has 0 atom stereocenters. The Kier molecular flexibility index (Phi) is 8.84. The molecule has 0 aromatic heterocycles. The van der Waals surface area contributed by atoms with E-state index in [-0.39, 0.29) is 16.2 Å². The van der Waals surface area contributed by atoms with E-state index < -0.39 is 22.6 Å². The molecule has 0 unspecified atom stereocenters. The molecule has 0 heterocycles. The van der Waals surface area contributed by atoms with E-state index in [1.54, 1.807) is 43.3 Å². The first-order chi connectivity index (χ1) is 18.3. The number of carbonyl (C=O) groups excluding carboxylic acids is 2. The van der Waals surface area contributed by atoms with Crippen molar-refractivity contribution in [1.82, 2.24) is 0 Å². The molecule has 3 aromatic carbocycles. The van der Waals surface area contributed by atoms with E-state index in [0.29, 0.717) is 35.1 Å². The maximum absolute atomic E-state index is 13.1. The van der Waals surface area contributed by atoms with Gasteiger partial charge in [0.05, 0.1) is 17.1 Å². The van der Waals surface area contributed by atoms with Gasteiger partial charge in [-0.2, -0.15) is 0 Å². The van der Waals surface area contributed by atoms with Gasteiger partial charge in [0, 0.05) is 11.3 Å². The van der Waals surface area contributed by atoms with E-state index in [4.69, 9.17) is 9.47 Å². The standard InChI is InChI=1S/C30H33NO6S/c1-3-36-27-17-15-26(16-18-27)31-38(34,35)29-19-25(10-9-21(29)2)30(33)37-20-28(32)24-13-11-23(12-14-24)22-7-5-4-6-8-22/h9-19,22,31H,3-8,20H2,1-2H3. The van der Waals surface area contributed by atoms with Crippen LogP contribution < -0.4 is 9.46 Å². The smallest absolute Gasteiger partial charge is 0.338 e. The molecule has 0 amide bonds. The third-order valence-corrected chi connectivity index (χ3v) is 8.30. The highest BCUT2D eigenvalue weighted by atomic mass is 32.2. The highest BCUT2D eigenvalue weighted by Gasteiger charge is 2.21. The van der Waals surface area contributed by atoms with Crippen LogP contribution in [0.5, 0.6) is 5.75 Å². The third kappa shape index (κ3) is 6.81. The normalized spacial score (nSPS) is 14.1. The van der Waals surface area contributed by atoms with E-state index in [0.717, 1.165) is 0 Å². The summed E-state index contributed by atoms with van der Waals surface area (Å²) in [6.45, 7) is 3.58. The molecule has 200 valence electrons. The van der Waals surface area contributed by atoms with Crippen molar-refractivity contribution in [2.24, 2.45) is 0 Å². The number of hydrogen-bond donors (Lipinski definition) is 1. The summed E-state index contributed by atoms with van der Waals surface area (Å²) in [7, 11) is -3.98. The molecule has 1 saturated carbocycles. The Hall–Kier alpha value is -3.65. The van der Waals surface area contributed by atoms with Crippen LogP contribution in [0, 0.1) is 6.92 Å². The van der Waals surface area contributed by atoms with Gasteiger partial charge in [-0.3, -0.25) is 9.52 Å². The molecular formula is C30H33NO6S. The van der Waals surface area contributed by atoms with Crippen molar-refractivity contribution < 1.29 is 27.5 Å². The quantitative estimate of drug-likeness (QED) is 0.242. The molecule has 1 aliphatic rings. The first-order valence-corrected chi connectivity index (χ1v) is 14.4. The Labute approximate surface area is 224 Å². The molecule has 0 bridgehead atoms. The SMILES string of the molecule is CCOc1ccc(NS(=O)(=O)c2cc(C(=O)OCC(=O)c3ccc(C4CCCCC4)cc3)ccc2C)cc1. The number of sulfonamides is 1. The Morgan fingerprint density at radius 2 is 1.55 bits per heavy atom. The van der Waals surface area contributed by atoms with E-state index in [9.17, 15) is 18.0 Å². The van der Waals surface area contributed by atoms with E-state index in [2.05, 4.69) is 4.72 Å². The van der Waals surface area contributed by atoms with Crippen molar-refractivity contribution in [1.29, 1.82) is 0 Å². The predicted molar refractivity (Wildman–Crippen MR) is 146 cm³/mol. The molecule has 0 aliphatic heterocycles. The number of esters is 1. The van der Waals surface area contributed by atoms with Crippen LogP contribution in [0.25, 0.3) is 0 Å². The molecule has 1 aliphatic carbocycles. The highest BCUT2D eigenvalue weighted by Crippen LogP contribution is 2.32. The zero-order valence-corrected chi connectivity index (χ0v) is 22.6. The van der Waals surface area contributed by atoms with Gasteiger partial charge >= 0.3 is 5.97 Å². The molecule has 0 spiro atoms. The van der Waals surface area contributed by atoms with Gasteiger partial charge in [-0.25, -0.2) is 13.2 Å². The Bertz CT molecular complexity index is 1380. The van der Waals surface area contributed by atoms with Crippen LogP contribution >= 0.6 is 0 Å². The number of nitrogens with one attached hydrogen (secondary N) is 1. The molecule has 3 aromatic rings. The van der Waals surface area contributed by atoms with Crippen molar-refractivity contribution in [2.45, 2.75) is 56.8 Å². The van der Waals surface area contributed by atoms with Gasteiger partial charge in [0.1, 0.15) is 5.75 Å². The number of aryl methyl sites for hydroxylation is 1. The second-order valence-corrected chi connectivity index (χ2v) is 11.2. The highest BCUT2D eigenvalue weighted by molar-refractivity contribution is 7.92. The third-order valence-electron chi connectivity index (χ3n) is 6.77. The second kappa shape index (κ2) is 12.3. The molecule has 0 saturated heterocycles. The van der Waals surface area contributed by atoms with Crippen LogP contribution in [0.2, 0.25) is 0 Å². The zero-order chi connectivity index (χ0) is 27.1. The van der Waals surface area contributed by atoms with Crippen molar-refractivity contribution in [3.8, 4) is 5.75 Å². The molecule has 4 rings (SSSR count). The average Bonchev–Trinajstić information content (AvgIpc) is 2.93. The summed E-state index contributed by atoms with van der Waals surface area (Å²) in [5.74, 6) is 0.0908. The van der Waals surface area contributed by atoms with Crippen molar-refractivity contribution in [3.05, 3.63) is 89.0 Å². The lowest BCUT2D eigenvalue weighted by molar-refractivity contribution is 0.0474. The molecule has 7 nitrogen and oxygen atoms in total. The maximum atomic E-state index is 13.1. The molecule has 1 fully saturated rings. The van der Waals surface area contributed by atoms with Crippen LogP contribution in [-0.2, 0) is 14.8 Å². The minimum absolute atomic E-state index is 0.0446. The number of benzene rings is 3. The zero-order valence-electron chi connectivity index (χ0n) is 21.7. The van der Waals surface area contributed by atoms with E-state index >= 15 is 0 Å². The van der Waals surface area contributed by atoms with Gasteiger partial charge in [0.25, 0.3) is 10.0 Å². The Balaban J connectivity index is 1.39. The number of ketones is 1. The van der Waals surface area contributed by atoms with Gasteiger partial charge < -0.3 is 9.47 Å². The minimum Gasteiger partial charge on any atom is -0.494 e. The van der Waals surface area contributed by atoms with Gasteiger partial charge in [0.2, 0.25) is 0 Å². The van der Waals surface area contributed by atoms with Crippen molar-refractivity contribution >= 4 is 27.5 Å². The molecule has 38 heavy (non-hydrogen) atoms. The van der Waals surface area contributed by atoms with Gasteiger partial charge in [0.15, 0.2) is 12.4 Å². The summed E-state index contributed by atoms with van der Waals surface area (Å²) < 4.78 is 39.2. The summed E-state index contributed by atoms with van der Waals surface area (Å²) in [6, 6.07) is 18.4. The van der Waals surface area contributed by atoms with Gasteiger partial charge in [-0.15, -0.1) is 0 Å². The first-order valence-electron chi connectivity index (χ1n) is 12.9. The first kappa shape index (κ1) is 27.4. The lowest BCUT2D eigenvalue weighted by atomic mass is 9.84. The van der Waals surface area contributed by atoms with Crippen LogP contribution in [0.4, 0.5) is 5.69 Å². The molecule has 0 radical (unpaired) electrons. The van der Waals surface area contributed by atoms with Crippen LogP contribution in [0.1, 0.15) is 76.8 Å². The fraction of sp³-hybridized carbons (Fsp3) is 0.333. The lowest BCUT2D eigenvalue weighted by Crippen LogP contribution is -2.17. The number of rotatable bonds is 10. The number of ether oxygens (including phenoxy) is 2. The minimum atomic E-state index is -3.98. The number of anilines is 1. The fourth-order valence-corrected chi connectivity index (χ4v) is 6.02. The predicted octanol–water partition coefficient (Wildman–Crippen LogP) is 6.28. The summed E-state index contributed by atoms with van der Waals surface area (Å²) in [6.07, 6.45) is 6.11. The lowest BCUT2D eigenvalue weighted by Gasteiger charge is -2.22. The van der Waals surface area contributed by atoms with Crippen LogP contribution in [0.15, 0.2) is 71.6 Å². The summed E-state index contributed by atoms with van der Waals surface area (Å²) in [4.78, 5) is 25.3. The van der Waals surface area contributed by atoms with Gasteiger partial charge in [-0.05, 0) is 80.1 Å². The van der Waals surface area contributed by atoms with E-state index in [1.165, 1.54) is 55.9 Å². The number of Topliss-reactive ketones (excluding diaryl/α,β-unsaturated/α-hetero) is 1. The summed E-state index contributed by atoms with van der Waals surface area (Å²) in [5.41, 5.74) is 2.59. The van der Waals surface area contributed by atoms with Gasteiger partial charge in [-0.1, -0.05) is 49.6 Å². The van der Waals surface area contributed by atoms with Crippen LogP contribution in [-0.4, -0.2) is 33.4 Å². The molecule has 8 heteroatoms. The molecular weight excluding hydrogens is 502 g/mol. The second-order valence-electron chi connectivity index (χ2n) is 9.50. The van der Waals surface area contributed by atoms with Crippen molar-refractivity contribution in [2.75, 3.05) is 17.9 Å². The largest absolute Gasteiger partial charge is 0.494 e.